The summed E-state index contributed by atoms with van der Waals surface area (Å²) < 4.78 is 13.4. The van der Waals surface area contributed by atoms with Crippen LogP contribution in [0.2, 0.25) is 0 Å². The molecule has 0 aliphatic carbocycles. The summed E-state index contributed by atoms with van der Waals surface area (Å²) in [4.78, 5) is 29.4. The number of aromatic nitrogens is 1. The van der Waals surface area contributed by atoms with Crippen molar-refractivity contribution < 1.29 is 14.0 Å². The summed E-state index contributed by atoms with van der Waals surface area (Å²) in [6, 6.07) is 11.3. The normalized spacial score (nSPS) is 10.2. The number of benzene rings is 1. The standard InChI is InChI=1S/C18H21FN4O2/c1-23(11-9-15-7-4-5-10-20-15)17(24)13-22-18(25)21-12-14-6-2-3-8-16(14)19/h2-8,10H,9,11-13H2,1H3,(H2,21,22,25). The fourth-order valence-electron chi connectivity index (χ4n) is 2.12. The van der Waals surface area contributed by atoms with Crippen molar-refractivity contribution >= 4 is 11.9 Å². The molecule has 1 aromatic heterocycles. The van der Waals surface area contributed by atoms with E-state index in [-0.39, 0.29) is 24.8 Å². The average molecular weight is 344 g/mol. The maximum Gasteiger partial charge on any atom is 0.315 e. The van der Waals surface area contributed by atoms with Gasteiger partial charge in [0, 0.05) is 44.0 Å². The van der Waals surface area contributed by atoms with Crippen molar-refractivity contribution in [3.63, 3.8) is 0 Å². The number of likely N-dealkylation sites (N-methyl/N-ethyl adjacent to an activating group) is 1. The summed E-state index contributed by atoms with van der Waals surface area (Å²) in [5, 5.41) is 4.99. The summed E-state index contributed by atoms with van der Waals surface area (Å²) >= 11 is 0. The molecule has 1 aromatic carbocycles. The van der Waals surface area contributed by atoms with E-state index in [0.717, 1.165) is 5.69 Å². The van der Waals surface area contributed by atoms with Gasteiger partial charge >= 0.3 is 6.03 Å². The molecule has 2 N–H and O–H groups in total. The average Bonchev–Trinajstić information content (AvgIpc) is 2.64. The van der Waals surface area contributed by atoms with E-state index in [0.29, 0.717) is 18.5 Å². The van der Waals surface area contributed by atoms with Gasteiger partial charge in [-0.1, -0.05) is 24.3 Å². The Labute approximate surface area is 146 Å². The van der Waals surface area contributed by atoms with Gasteiger partial charge in [0.1, 0.15) is 5.82 Å². The maximum absolute atomic E-state index is 13.4. The van der Waals surface area contributed by atoms with Crippen molar-refractivity contribution in [3.05, 3.63) is 65.7 Å². The zero-order chi connectivity index (χ0) is 18.1. The van der Waals surface area contributed by atoms with Crippen LogP contribution >= 0.6 is 0 Å². The monoisotopic (exact) mass is 344 g/mol. The predicted octanol–water partition coefficient (Wildman–Crippen LogP) is 1.72. The Morgan fingerprint density at radius 3 is 2.60 bits per heavy atom. The van der Waals surface area contributed by atoms with Gasteiger partial charge in [0.05, 0.1) is 6.54 Å². The zero-order valence-corrected chi connectivity index (χ0v) is 14.0. The fourth-order valence-corrected chi connectivity index (χ4v) is 2.12. The molecule has 0 atom stereocenters. The number of urea groups is 1. The lowest BCUT2D eigenvalue weighted by Crippen LogP contribution is -2.42. The third-order valence-electron chi connectivity index (χ3n) is 3.65. The highest BCUT2D eigenvalue weighted by Crippen LogP contribution is 2.05. The number of amides is 3. The van der Waals surface area contributed by atoms with Gasteiger partial charge < -0.3 is 15.5 Å². The van der Waals surface area contributed by atoms with E-state index >= 15 is 0 Å². The molecule has 0 unspecified atom stereocenters. The van der Waals surface area contributed by atoms with E-state index in [9.17, 15) is 14.0 Å². The third kappa shape index (κ3) is 6.21. The van der Waals surface area contributed by atoms with Crippen LogP contribution in [-0.2, 0) is 17.8 Å². The van der Waals surface area contributed by atoms with Crippen molar-refractivity contribution in [1.29, 1.82) is 0 Å². The van der Waals surface area contributed by atoms with Crippen molar-refractivity contribution in [2.75, 3.05) is 20.1 Å². The largest absolute Gasteiger partial charge is 0.344 e. The summed E-state index contributed by atoms with van der Waals surface area (Å²) in [5.74, 6) is -0.592. The quantitative estimate of drug-likeness (QED) is 0.803. The Hall–Kier alpha value is -2.96. The molecule has 132 valence electrons. The van der Waals surface area contributed by atoms with E-state index in [1.165, 1.54) is 11.0 Å². The highest BCUT2D eigenvalue weighted by atomic mass is 19.1. The number of pyridine rings is 1. The van der Waals surface area contributed by atoms with Gasteiger partial charge in [-0.05, 0) is 18.2 Å². The van der Waals surface area contributed by atoms with E-state index in [4.69, 9.17) is 0 Å². The summed E-state index contributed by atoms with van der Waals surface area (Å²) in [6.07, 6.45) is 2.35. The molecule has 7 heteroatoms. The van der Waals surface area contributed by atoms with Crippen LogP contribution in [0.3, 0.4) is 0 Å². The van der Waals surface area contributed by atoms with Gasteiger partial charge in [0.2, 0.25) is 5.91 Å². The lowest BCUT2D eigenvalue weighted by molar-refractivity contribution is -0.128. The van der Waals surface area contributed by atoms with Gasteiger partial charge in [-0.15, -0.1) is 0 Å². The minimum Gasteiger partial charge on any atom is -0.344 e. The van der Waals surface area contributed by atoms with Gasteiger partial charge in [0.25, 0.3) is 0 Å². The minimum atomic E-state index is -0.519. The molecule has 0 spiro atoms. The number of carbonyl (C=O) groups is 2. The highest BCUT2D eigenvalue weighted by Gasteiger charge is 2.11. The number of nitrogens with one attached hydrogen (secondary N) is 2. The van der Waals surface area contributed by atoms with Crippen LogP contribution < -0.4 is 10.6 Å². The molecule has 0 fully saturated rings. The molecule has 0 bridgehead atoms. The SMILES string of the molecule is CN(CCc1ccccn1)C(=O)CNC(=O)NCc1ccccc1F. The van der Waals surface area contributed by atoms with Gasteiger partial charge in [-0.25, -0.2) is 9.18 Å². The van der Waals surface area contributed by atoms with Crippen LogP contribution in [0.15, 0.2) is 48.7 Å². The van der Waals surface area contributed by atoms with Gasteiger partial charge in [-0.3, -0.25) is 9.78 Å². The van der Waals surface area contributed by atoms with E-state index in [1.54, 1.807) is 31.4 Å². The van der Waals surface area contributed by atoms with Crippen molar-refractivity contribution in [2.45, 2.75) is 13.0 Å². The van der Waals surface area contributed by atoms with Crippen molar-refractivity contribution in [1.82, 2.24) is 20.5 Å². The van der Waals surface area contributed by atoms with Gasteiger partial charge in [-0.2, -0.15) is 0 Å². The Morgan fingerprint density at radius 2 is 1.88 bits per heavy atom. The zero-order valence-electron chi connectivity index (χ0n) is 14.0. The Morgan fingerprint density at radius 1 is 1.12 bits per heavy atom. The fraction of sp³-hybridized carbons (Fsp3) is 0.278. The number of carbonyl (C=O) groups excluding carboxylic acids is 2. The minimum absolute atomic E-state index is 0.0578. The number of hydrogen-bond acceptors (Lipinski definition) is 3. The maximum atomic E-state index is 13.4. The van der Waals surface area contributed by atoms with Crippen LogP contribution in [0.5, 0.6) is 0 Å². The van der Waals surface area contributed by atoms with E-state index in [1.807, 2.05) is 18.2 Å². The molecule has 1 heterocycles. The smallest absolute Gasteiger partial charge is 0.315 e. The topological polar surface area (TPSA) is 74.3 Å². The van der Waals surface area contributed by atoms with Crippen LogP contribution in [0.4, 0.5) is 9.18 Å². The van der Waals surface area contributed by atoms with E-state index < -0.39 is 6.03 Å². The van der Waals surface area contributed by atoms with Crippen molar-refractivity contribution in [2.24, 2.45) is 0 Å². The van der Waals surface area contributed by atoms with Crippen LogP contribution in [0, 0.1) is 5.82 Å². The van der Waals surface area contributed by atoms with Crippen molar-refractivity contribution in [3.8, 4) is 0 Å². The summed E-state index contributed by atoms with van der Waals surface area (Å²) in [6.45, 7) is 0.443. The Bertz CT molecular complexity index is 709. The molecular weight excluding hydrogens is 323 g/mol. The van der Waals surface area contributed by atoms with E-state index in [2.05, 4.69) is 15.6 Å². The molecule has 2 rings (SSSR count). The molecule has 0 aliphatic heterocycles. The first-order chi connectivity index (χ1) is 12.1. The molecule has 0 saturated carbocycles. The molecule has 0 aliphatic rings. The predicted molar refractivity (Wildman–Crippen MR) is 92.2 cm³/mol. The molecule has 3 amide bonds. The molecule has 2 aromatic rings. The molecular formula is C18H21FN4O2. The first kappa shape index (κ1) is 18.4. The number of hydrogen-bond donors (Lipinski definition) is 2. The molecule has 6 nitrogen and oxygen atoms in total. The van der Waals surface area contributed by atoms with Crippen LogP contribution in [0.1, 0.15) is 11.3 Å². The second-order valence-corrected chi connectivity index (χ2v) is 5.51. The summed E-state index contributed by atoms with van der Waals surface area (Å²) in [5.41, 5.74) is 1.29. The first-order valence-corrected chi connectivity index (χ1v) is 7.95. The molecule has 0 saturated heterocycles. The summed E-state index contributed by atoms with van der Waals surface area (Å²) in [7, 11) is 1.67. The molecule has 0 radical (unpaired) electrons. The number of halogens is 1. The Balaban J connectivity index is 1.68. The number of nitrogens with zero attached hydrogens (tertiary/aromatic N) is 2. The lowest BCUT2D eigenvalue weighted by Gasteiger charge is -2.17. The highest BCUT2D eigenvalue weighted by molar-refractivity contribution is 5.83. The third-order valence-corrected chi connectivity index (χ3v) is 3.65. The Kier molecular flexibility index (Phi) is 6.88. The second-order valence-electron chi connectivity index (χ2n) is 5.51. The van der Waals surface area contributed by atoms with Crippen LogP contribution in [-0.4, -0.2) is 42.0 Å². The van der Waals surface area contributed by atoms with Gasteiger partial charge in [0.15, 0.2) is 0 Å². The van der Waals surface area contributed by atoms with Crippen LogP contribution in [0.25, 0.3) is 0 Å². The second kappa shape index (κ2) is 9.36. The number of rotatable bonds is 7. The lowest BCUT2D eigenvalue weighted by atomic mass is 10.2. The molecule has 25 heavy (non-hydrogen) atoms. The first-order valence-electron chi connectivity index (χ1n) is 7.95.